The van der Waals surface area contributed by atoms with Crippen LogP contribution in [-0.2, 0) is 16.8 Å². The topological polar surface area (TPSA) is 84.2 Å². The molecule has 0 radical (unpaired) electrons. The number of benzene rings is 1. The number of nitrogens with one attached hydrogen (secondary N) is 2. The lowest BCUT2D eigenvalue weighted by molar-refractivity contribution is 0.547. The normalized spacial score (nSPS) is 11.9. The maximum Gasteiger partial charge on any atom is 0.277 e. The van der Waals surface area contributed by atoms with Gasteiger partial charge in [0.1, 0.15) is 0 Å². The standard InChI is InChI=1S/C11H19N3O2S/c1-9(2)7-13-17(15,16)14-8-10-4-3-5-11(12)6-10/h3-6,9,13-14H,7-8,12H2,1-2H3. The zero-order chi connectivity index (χ0) is 12.9. The van der Waals surface area contributed by atoms with Crippen LogP contribution in [0.1, 0.15) is 19.4 Å². The molecule has 0 spiro atoms. The van der Waals surface area contributed by atoms with Gasteiger partial charge in [0.05, 0.1) is 0 Å². The Hall–Kier alpha value is -1.11. The second kappa shape index (κ2) is 6.00. The highest BCUT2D eigenvalue weighted by molar-refractivity contribution is 7.87. The summed E-state index contributed by atoms with van der Waals surface area (Å²) < 4.78 is 28.0. The highest BCUT2D eigenvalue weighted by Crippen LogP contribution is 2.06. The Kier molecular flexibility index (Phi) is 4.92. The molecule has 6 heteroatoms. The average Bonchev–Trinajstić information content (AvgIpc) is 2.24. The van der Waals surface area contributed by atoms with Crippen LogP contribution in [0.5, 0.6) is 0 Å². The molecule has 0 saturated carbocycles. The predicted octanol–water partition coefficient (Wildman–Crippen LogP) is 0.849. The largest absolute Gasteiger partial charge is 0.399 e. The zero-order valence-electron chi connectivity index (χ0n) is 10.1. The van der Waals surface area contributed by atoms with Gasteiger partial charge in [-0.2, -0.15) is 13.1 Å². The second-order valence-electron chi connectivity index (χ2n) is 4.31. The number of rotatable bonds is 6. The molecule has 0 aliphatic heterocycles. The van der Waals surface area contributed by atoms with E-state index in [-0.39, 0.29) is 12.5 Å². The van der Waals surface area contributed by atoms with E-state index in [1.54, 1.807) is 18.2 Å². The van der Waals surface area contributed by atoms with E-state index in [1.165, 1.54) is 0 Å². The van der Waals surface area contributed by atoms with Gasteiger partial charge >= 0.3 is 0 Å². The molecule has 1 aromatic rings. The van der Waals surface area contributed by atoms with Gasteiger partial charge in [0.2, 0.25) is 0 Å². The van der Waals surface area contributed by atoms with Crippen molar-refractivity contribution in [2.75, 3.05) is 12.3 Å². The summed E-state index contributed by atoms with van der Waals surface area (Å²) in [6, 6.07) is 7.11. The van der Waals surface area contributed by atoms with Crippen molar-refractivity contribution in [3.8, 4) is 0 Å². The van der Waals surface area contributed by atoms with Crippen LogP contribution in [0.25, 0.3) is 0 Å². The Morgan fingerprint density at radius 1 is 1.29 bits per heavy atom. The maximum absolute atomic E-state index is 11.5. The van der Waals surface area contributed by atoms with Crippen molar-refractivity contribution in [2.45, 2.75) is 20.4 Å². The third-order valence-electron chi connectivity index (χ3n) is 2.10. The number of hydrogen-bond donors (Lipinski definition) is 3. The fourth-order valence-corrected chi connectivity index (χ4v) is 2.22. The Morgan fingerprint density at radius 3 is 2.59 bits per heavy atom. The van der Waals surface area contributed by atoms with Crippen molar-refractivity contribution < 1.29 is 8.42 Å². The maximum atomic E-state index is 11.5. The van der Waals surface area contributed by atoms with E-state index in [4.69, 9.17) is 5.73 Å². The third kappa shape index (κ3) is 5.67. The van der Waals surface area contributed by atoms with Crippen LogP contribution in [0.2, 0.25) is 0 Å². The van der Waals surface area contributed by atoms with E-state index in [1.807, 2.05) is 19.9 Å². The molecule has 0 amide bonds. The molecule has 1 rings (SSSR count). The molecule has 0 atom stereocenters. The van der Waals surface area contributed by atoms with Gasteiger partial charge in [0, 0.05) is 18.8 Å². The molecule has 4 N–H and O–H groups in total. The first-order valence-corrected chi connectivity index (χ1v) is 6.96. The minimum atomic E-state index is -3.43. The van der Waals surface area contributed by atoms with Crippen LogP contribution in [-0.4, -0.2) is 15.0 Å². The third-order valence-corrected chi connectivity index (χ3v) is 3.17. The van der Waals surface area contributed by atoms with Gasteiger partial charge in [-0.1, -0.05) is 26.0 Å². The fraction of sp³-hybridized carbons (Fsp3) is 0.455. The SMILES string of the molecule is CC(C)CNS(=O)(=O)NCc1cccc(N)c1. The van der Waals surface area contributed by atoms with Crippen LogP contribution < -0.4 is 15.2 Å². The highest BCUT2D eigenvalue weighted by atomic mass is 32.2. The Morgan fingerprint density at radius 2 is 2.00 bits per heavy atom. The molecule has 0 unspecified atom stereocenters. The molecule has 0 fully saturated rings. The van der Waals surface area contributed by atoms with E-state index in [9.17, 15) is 8.42 Å². The second-order valence-corrected chi connectivity index (χ2v) is 5.90. The summed E-state index contributed by atoms with van der Waals surface area (Å²) in [6.45, 7) is 4.55. The summed E-state index contributed by atoms with van der Waals surface area (Å²) in [5.41, 5.74) is 7.06. The highest BCUT2D eigenvalue weighted by Gasteiger charge is 2.09. The van der Waals surface area contributed by atoms with E-state index in [0.717, 1.165) is 5.56 Å². The summed E-state index contributed by atoms with van der Waals surface area (Å²) >= 11 is 0. The summed E-state index contributed by atoms with van der Waals surface area (Å²) in [5.74, 6) is 0.277. The van der Waals surface area contributed by atoms with Gasteiger partial charge in [-0.05, 0) is 23.6 Å². The number of hydrogen-bond acceptors (Lipinski definition) is 3. The van der Waals surface area contributed by atoms with Gasteiger partial charge in [0.15, 0.2) is 0 Å². The van der Waals surface area contributed by atoms with Crippen LogP contribution in [0.4, 0.5) is 5.69 Å². The Labute approximate surface area is 103 Å². The molecule has 0 bridgehead atoms. The minimum absolute atomic E-state index is 0.235. The van der Waals surface area contributed by atoms with E-state index >= 15 is 0 Å². The number of nitrogens with two attached hydrogens (primary N) is 1. The average molecular weight is 257 g/mol. The minimum Gasteiger partial charge on any atom is -0.399 e. The summed E-state index contributed by atoms with van der Waals surface area (Å²) in [4.78, 5) is 0. The molecular weight excluding hydrogens is 238 g/mol. The lowest BCUT2D eigenvalue weighted by Crippen LogP contribution is -2.37. The molecule has 0 aliphatic carbocycles. The molecule has 17 heavy (non-hydrogen) atoms. The van der Waals surface area contributed by atoms with Crippen LogP contribution in [0.15, 0.2) is 24.3 Å². The zero-order valence-corrected chi connectivity index (χ0v) is 10.9. The van der Waals surface area contributed by atoms with Crippen molar-refractivity contribution in [1.82, 2.24) is 9.44 Å². The summed E-state index contributed by atoms with van der Waals surface area (Å²) in [5, 5.41) is 0. The van der Waals surface area contributed by atoms with Crippen LogP contribution in [0.3, 0.4) is 0 Å². The molecule has 5 nitrogen and oxygen atoms in total. The van der Waals surface area contributed by atoms with Gasteiger partial charge in [-0.3, -0.25) is 0 Å². The van der Waals surface area contributed by atoms with Gasteiger partial charge < -0.3 is 5.73 Å². The first-order valence-electron chi connectivity index (χ1n) is 5.48. The van der Waals surface area contributed by atoms with E-state index in [0.29, 0.717) is 12.2 Å². The fourth-order valence-electron chi connectivity index (χ4n) is 1.21. The molecule has 0 aromatic heterocycles. The van der Waals surface area contributed by atoms with Crippen molar-refractivity contribution in [1.29, 1.82) is 0 Å². The first kappa shape index (κ1) is 14.0. The van der Waals surface area contributed by atoms with Crippen molar-refractivity contribution in [3.63, 3.8) is 0 Å². The molecule has 0 heterocycles. The summed E-state index contributed by atoms with van der Waals surface area (Å²) in [6.07, 6.45) is 0. The van der Waals surface area contributed by atoms with Crippen molar-refractivity contribution in [2.24, 2.45) is 5.92 Å². The Bertz CT molecular complexity index is 458. The van der Waals surface area contributed by atoms with Crippen LogP contribution >= 0.6 is 0 Å². The Balaban J connectivity index is 2.50. The van der Waals surface area contributed by atoms with E-state index < -0.39 is 10.2 Å². The molecule has 96 valence electrons. The molecular formula is C11H19N3O2S. The van der Waals surface area contributed by atoms with Crippen molar-refractivity contribution >= 4 is 15.9 Å². The first-order chi connectivity index (χ1) is 7.89. The smallest absolute Gasteiger partial charge is 0.277 e. The molecule has 0 aliphatic rings. The lowest BCUT2D eigenvalue weighted by Gasteiger charge is -2.10. The predicted molar refractivity (Wildman–Crippen MR) is 69.5 cm³/mol. The van der Waals surface area contributed by atoms with E-state index in [2.05, 4.69) is 9.44 Å². The molecule has 0 saturated heterocycles. The lowest BCUT2D eigenvalue weighted by atomic mass is 10.2. The molecule has 1 aromatic carbocycles. The van der Waals surface area contributed by atoms with Crippen LogP contribution in [0, 0.1) is 5.92 Å². The number of anilines is 1. The van der Waals surface area contributed by atoms with Crippen molar-refractivity contribution in [3.05, 3.63) is 29.8 Å². The quantitative estimate of drug-likeness (QED) is 0.660. The van der Waals surface area contributed by atoms with Gasteiger partial charge in [-0.25, -0.2) is 4.72 Å². The van der Waals surface area contributed by atoms with Gasteiger partial charge in [0.25, 0.3) is 10.2 Å². The number of nitrogen functional groups attached to an aromatic ring is 1. The monoisotopic (exact) mass is 257 g/mol. The van der Waals surface area contributed by atoms with Gasteiger partial charge in [-0.15, -0.1) is 0 Å². The summed E-state index contributed by atoms with van der Waals surface area (Å²) in [7, 11) is -3.43.